The minimum absolute atomic E-state index is 0.135. The van der Waals surface area contributed by atoms with Gasteiger partial charge in [0.25, 0.3) is 0 Å². The topological polar surface area (TPSA) is 115 Å². The zero-order valence-electron chi connectivity index (χ0n) is 9.95. The van der Waals surface area contributed by atoms with Crippen molar-refractivity contribution in [1.29, 1.82) is 0 Å². The maximum atomic E-state index is 11.2. The third kappa shape index (κ3) is 2.73. The summed E-state index contributed by atoms with van der Waals surface area (Å²) in [5, 5.41) is 10.8. The van der Waals surface area contributed by atoms with Gasteiger partial charge in [-0.25, -0.2) is 9.97 Å². The Balaban J connectivity index is 2.34. The molecule has 9 heteroatoms. The molecule has 1 unspecified atom stereocenters. The van der Waals surface area contributed by atoms with Crippen LogP contribution in [0.2, 0.25) is 5.15 Å². The van der Waals surface area contributed by atoms with Gasteiger partial charge in [-0.15, -0.1) is 0 Å². The number of carbonyl (C=O) groups excluding carboxylic acids is 1. The van der Waals surface area contributed by atoms with Gasteiger partial charge in [0, 0.05) is 13.1 Å². The number of aromatic nitrogens is 2. The highest BCUT2D eigenvalue weighted by Crippen LogP contribution is 2.33. The number of rotatable bonds is 3. The molecule has 1 aliphatic heterocycles. The lowest BCUT2D eigenvalue weighted by Crippen LogP contribution is -2.41. The first-order chi connectivity index (χ1) is 9.00. The van der Waals surface area contributed by atoms with E-state index in [-0.39, 0.29) is 22.6 Å². The molecule has 2 rings (SSSR count). The van der Waals surface area contributed by atoms with Crippen LogP contribution in [-0.4, -0.2) is 33.9 Å². The highest BCUT2D eigenvalue weighted by molar-refractivity contribution is 6.31. The highest BCUT2D eigenvalue weighted by Gasteiger charge is 2.31. The van der Waals surface area contributed by atoms with Crippen LogP contribution in [0.25, 0.3) is 0 Å². The van der Waals surface area contributed by atoms with Crippen LogP contribution in [0.3, 0.4) is 0 Å². The number of hydrogen-bond donors (Lipinski definition) is 1. The molecule has 1 aromatic heterocycles. The van der Waals surface area contributed by atoms with Crippen molar-refractivity contribution >= 4 is 29.0 Å². The molecule has 8 nitrogen and oxygen atoms in total. The minimum atomic E-state index is -0.619. The number of nitro groups is 1. The molecule has 2 heterocycles. The molecule has 19 heavy (non-hydrogen) atoms. The summed E-state index contributed by atoms with van der Waals surface area (Å²) in [4.78, 5) is 30.8. The molecule has 2 N–H and O–H groups in total. The molecule has 0 bridgehead atoms. The second kappa shape index (κ2) is 5.35. The number of nitrogens with zero attached hydrogens (tertiary/aromatic N) is 4. The Morgan fingerprint density at radius 1 is 1.58 bits per heavy atom. The zero-order chi connectivity index (χ0) is 14.0. The number of primary amides is 1. The summed E-state index contributed by atoms with van der Waals surface area (Å²) in [5.41, 5.74) is 4.94. The van der Waals surface area contributed by atoms with Crippen molar-refractivity contribution < 1.29 is 9.72 Å². The summed E-state index contributed by atoms with van der Waals surface area (Å²) in [6.45, 7) is 0.876. The molecule has 1 amide bonds. The van der Waals surface area contributed by atoms with E-state index in [2.05, 4.69) is 9.97 Å². The van der Waals surface area contributed by atoms with Crippen LogP contribution in [0.4, 0.5) is 11.5 Å². The molecule has 1 fully saturated rings. The van der Waals surface area contributed by atoms with Gasteiger partial charge in [0.05, 0.1) is 10.8 Å². The van der Waals surface area contributed by atoms with Crippen LogP contribution in [0, 0.1) is 16.0 Å². The van der Waals surface area contributed by atoms with Gasteiger partial charge < -0.3 is 10.6 Å². The average Bonchev–Trinajstić information content (AvgIpc) is 2.38. The molecule has 102 valence electrons. The number of nitrogens with two attached hydrogens (primary N) is 1. The van der Waals surface area contributed by atoms with Crippen LogP contribution < -0.4 is 10.6 Å². The van der Waals surface area contributed by atoms with E-state index < -0.39 is 10.8 Å². The van der Waals surface area contributed by atoms with Crippen LogP contribution >= 0.6 is 11.6 Å². The van der Waals surface area contributed by atoms with Gasteiger partial charge in [0.2, 0.25) is 16.9 Å². The second-order valence-corrected chi connectivity index (χ2v) is 4.64. The lowest BCUT2D eigenvalue weighted by molar-refractivity contribution is -0.384. The predicted octanol–water partition coefficient (Wildman–Crippen LogP) is 0.740. The maximum absolute atomic E-state index is 11.2. The number of piperidine rings is 1. The third-order valence-electron chi connectivity index (χ3n) is 3.06. The van der Waals surface area contributed by atoms with E-state index in [4.69, 9.17) is 17.3 Å². The molecule has 1 saturated heterocycles. The lowest BCUT2D eigenvalue weighted by Gasteiger charge is -2.31. The monoisotopic (exact) mass is 285 g/mol. The Morgan fingerprint density at radius 3 is 2.95 bits per heavy atom. The summed E-state index contributed by atoms with van der Waals surface area (Å²) >= 11 is 5.73. The molecule has 1 atom stereocenters. The first-order valence-electron chi connectivity index (χ1n) is 5.70. The first kappa shape index (κ1) is 13.5. The second-order valence-electron chi connectivity index (χ2n) is 4.28. The van der Waals surface area contributed by atoms with Crippen LogP contribution in [0.1, 0.15) is 12.8 Å². The third-order valence-corrected chi connectivity index (χ3v) is 3.34. The smallest absolute Gasteiger partial charge is 0.348 e. The summed E-state index contributed by atoms with van der Waals surface area (Å²) in [6.07, 6.45) is 2.56. The number of carbonyl (C=O) groups is 1. The van der Waals surface area contributed by atoms with Gasteiger partial charge in [-0.05, 0) is 12.8 Å². The Morgan fingerprint density at radius 2 is 2.32 bits per heavy atom. The van der Waals surface area contributed by atoms with Gasteiger partial charge in [-0.3, -0.25) is 14.9 Å². The molecule has 0 saturated carbocycles. The van der Waals surface area contributed by atoms with E-state index in [0.717, 1.165) is 0 Å². The van der Waals surface area contributed by atoms with Crippen molar-refractivity contribution in [2.24, 2.45) is 11.7 Å². The van der Waals surface area contributed by atoms with Gasteiger partial charge in [-0.2, -0.15) is 0 Å². The van der Waals surface area contributed by atoms with E-state index in [0.29, 0.717) is 25.9 Å². The fourth-order valence-corrected chi connectivity index (χ4v) is 2.34. The van der Waals surface area contributed by atoms with Crippen molar-refractivity contribution in [3.05, 3.63) is 21.6 Å². The Bertz CT molecular complexity index is 524. The maximum Gasteiger partial charge on any atom is 0.348 e. The van der Waals surface area contributed by atoms with E-state index in [9.17, 15) is 14.9 Å². The fourth-order valence-electron chi connectivity index (χ4n) is 2.14. The quantitative estimate of drug-likeness (QED) is 0.497. The summed E-state index contributed by atoms with van der Waals surface area (Å²) in [6, 6.07) is 0. The van der Waals surface area contributed by atoms with Gasteiger partial charge in [-0.1, -0.05) is 11.6 Å². The molecule has 0 radical (unpaired) electrons. The SMILES string of the molecule is NC(=O)C1CCCN(c2ncnc(Cl)c2[N+](=O)[O-])C1. The van der Waals surface area contributed by atoms with Crippen molar-refractivity contribution in [1.82, 2.24) is 9.97 Å². The summed E-state index contributed by atoms with van der Waals surface area (Å²) in [5.74, 6) is -0.606. The number of anilines is 1. The molecule has 1 aromatic rings. The first-order valence-corrected chi connectivity index (χ1v) is 6.07. The van der Waals surface area contributed by atoms with Crippen molar-refractivity contribution in [3.8, 4) is 0 Å². The van der Waals surface area contributed by atoms with Crippen molar-refractivity contribution in [2.75, 3.05) is 18.0 Å². The Labute approximate surface area is 113 Å². The van der Waals surface area contributed by atoms with E-state index in [1.165, 1.54) is 6.33 Å². The van der Waals surface area contributed by atoms with Crippen molar-refractivity contribution in [2.45, 2.75) is 12.8 Å². The Hall–Kier alpha value is -1.96. The molecular formula is C10H12ClN5O3. The van der Waals surface area contributed by atoms with Crippen LogP contribution in [-0.2, 0) is 4.79 Å². The summed E-state index contributed by atoms with van der Waals surface area (Å²) in [7, 11) is 0. The van der Waals surface area contributed by atoms with Gasteiger partial charge in [0.15, 0.2) is 0 Å². The van der Waals surface area contributed by atoms with E-state index >= 15 is 0 Å². The molecule has 0 aromatic carbocycles. The number of halogens is 1. The van der Waals surface area contributed by atoms with Gasteiger partial charge in [0.1, 0.15) is 6.33 Å². The normalized spacial score (nSPS) is 19.2. The molecule has 0 spiro atoms. The predicted molar refractivity (Wildman–Crippen MR) is 67.8 cm³/mol. The van der Waals surface area contributed by atoms with Crippen molar-refractivity contribution in [3.63, 3.8) is 0 Å². The van der Waals surface area contributed by atoms with Crippen LogP contribution in [0.5, 0.6) is 0 Å². The number of amides is 1. The average molecular weight is 286 g/mol. The molecule has 1 aliphatic rings. The highest BCUT2D eigenvalue weighted by atomic mass is 35.5. The van der Waals surface area contributed by atoms with E-state index in [1.807, 2.05) is 0 Å². The fraction of sp³-hybridized carbons (Fsp3) is 0.500. The molecule has 0 aliphatic carbocycles. The van der Waals surface area contributed by atoms with Crippen LogP contribution in [0.15, 0.2) is 6.33 Å². The Kier molecular flexibility index (Phi) is 3.79. The van der Waals surface area contributed by atoms with Gasteiger partial charge >= 0.3 is 5.69 Å². The largest absolute Gasteiger partial charge is 0.369 e. The standard InChI is InChI=1S/C10H12ClN5O3/c11-8-7(16(18)19)10(14-5-13-8)15-3-1-2-6(4-15)9(12)17/h5-6H,1-4H2,(H2,12,17). The summed E-state index contributed by atoms with van der Waals surface area (Å²) < 4.78 is 0. The lowest BCUT2D eigenvalue weighted by atomic mass is 9.97. The van der Waals surface area contributed by atoms with E-state index in [1.54, 1.807) is 4.90 Å². The number of hydrogen-bond acceptors (Lipinski definition) is 6. The zero-order valence-corrected chi connectivity index (χ0v) is 10.7. The molecular weight excluding hydrogens is 274 g/mol. The minimum Gasteiger partial charge on any atom is -0.369 e.